The summed E-state index contributed by atoms with van der Waals surface area (Å²) in [5, 5.41) is 10.3. The Morgan fingerprint density at radius 3 is 2.46 bits per heavy atom. The van der Waals surface area contributed by atoms with E-state index in [4.69, 9.17) is 11.6 Å². The maximum atomic E-state index is 13.0. The summed E-state index contributed by atoms with van der Waals surface area (Å²) in [7, 11) is 0. The highest BCUT2D eigenvalue weighted by molar-refractivity contribution is 6.31. The number of benzene rings is 2. The van der Waals surface area contributed by atoms with Crippen LogP contribution in [-0.2, 0) is 11.3 Å². The fourth-order valence-corrected chi connectivity index (χ4v) is 3.59. The lowest BCUT2D eigenvalue weighted by molar-refractivity contribution is -0.142. The van der Waals surface area contributed by atoms with E-state index in [0.717, 1.165) is 5.56 Å². The molecule has 0 saturated carbocycles. The van der Waals surface area contributed by atoms with Crippen LogP contribution in [0.5, 0.6) is 0 Å². The van der Waals surface area contributed by atoms with E-state index in [-0.39, 0.29) is 12.5 Å². The highest BCUT2D eigenvalue weighted by Gasteiger charge is 2.49. The molecule has 1 aliphatic rings. The molecule has 0 aliphatic carbocycles. The van der Waals surface area contributed by atoms with Crippen LogP contribution in [0.25, 0.3) is 0 Å². The van der Waals surface area contributed by atoms with Crippen LogP contribution in [0, 0.1) is 0 Å². The van der Waals surface area contributed by atoms with Crippen molar-refractivity contribution in [3.8, 4) is 0 Å². The molecule has 4 nitrogen and oxygen atoms in total. The average Bonchev–Trinajstić information content (AvgIpc) is 2.52. The lowest BCUT2D eigenvalue weighted by Gasteiger charge is -2.47. The number of fused-ring (bicyclic) bond motifs is 1. The van der Waals surface area contributed by atoms with Gasteiger partial charge < -0.3 is 10.0 Å². The van der Waals surface area contributed by atoms with Gasteiger partial charge in [0, 0.05) is 17.1 Å². The number of aliphatic carboxylic acids is 1. The summed E-state index contributed by atoms with van der Waals surface area (Å²) in [4.78, 5) is 26.6. The number of carboxylic acid groups (broad SMARTS) is 1. The minimum atomic E-state index is -0.941. The molecule has 1 heterocycles. The maximum Gasteiger partial charge on any atom is 0.313 e. The van der Waals surface area contributed by atoms with Crippen molar-refractivity contribution in [2.24, 2.45) is 0 Å². The van der Waals surface area contributed by atoms with E-state index in [0.29, 0.717) is 16.1 Å². The Morgan fingerprint density at radius 2 is 1.79 bits per heavy atom. The van der Waals surface area contributed by atoms with Gasteiger partial charge in [-0.2, -0.15) is 0 Å². The molecule has 1 amide bonds. The minimum absolute atomic E-state index is 0.173. The Bertz CT molecular complexity index is 816. The molecule has 1 unspecified atom stereocenters. The predicted octanol–water partition coefficient (Wildman–Crippen LogP) is 3.94. The normalized spacial score (nSPS) is 19.0. The number of amides is 1. The van der Waals surface area contributed by atoms with E-state index < -0.39 is 17.4 Å². The number of hydrogen-bond acceptors (Lipinski definition) is 2. The monoisotopic (exact) mass is 343 g/mol. The van der Waals surface area contributed by atoms with Gasteiger partial charge in [-0.25, -0.2) is 0 Å². The van der Waals surface area contributed by atoms with Crippen LogP contribution in [0.15, 0.2) is 48.5 Å². The summed E-state index contributed by atoms with van der Waals surface area (Å²) in [6.07, 6.45) is 0. The fourth-order valence-electron chi connectivity index (χ4n) is 3.39. The molecule has 2 aromatic rings. The van der Waals surface area contributed by atoms with Gasteiger partial charge in [0.25, 0.3) is 5.91 Å². The molecule has 2 aromatic carbocycles. The predicted molar refractivity (Wildman–Crippen MR) is 92.2 cm³/mol. The van der Waals surface area contributed by atoms with Crippen molar-refractivity contribution in [2.45, 2.75) is 31.8 Å². The molecule has 5 heteroatoms. The van der Waals surface area contributed by atoms with Crippen molar-refractivity contribution < 1.29 is 14.7 Å². The van der Waals surface area contributed by atoms with E-state index in [1.165, 1.54) is 0 Å². The minimum Gasteiger partial charge on any atom is -0.481 e. The van der Waals surface area contributed by atoms with E-state index >= 15 is 0 Å². The lowest BCUT2D eigenvalue weighted by Crippen LogP contribution is -2.56. The van der Waals surface area contributed by atoms with Crippen molar-refractivity contribution in [2.75, 3.05) is 0 Å². The third-order valence-electron chi connectivity index (χ3n) is 4.68. The number of carbonyl (C=O) groups is 2. The Hall–Kier alpha value is -2.33. The van der Waals surface area contributed by atoms with Crippen LogP contribution in [0.4, 0.5) is 0 Å². The van der Waals surface area contributed by atoms with Gasteiger partial charge in [-0.3, -0.25) is 9.59 Å². The molecule has 24 heavy (non-hydrogen) atoms. The number of halogens is 1. The molecular formula is C19H18ClNO3. The van der Waals surface area contributed by atoms with Gasteiger partial charge >= 0.3 is 5.97 Å². The first kappa shape index (κ1) is 16.5. The second-order valence-corrected chi connectivity index (χ2v) is 6.90. The van der Waals surface area contributed by atoms with Gasteiger partial charge in [-0.15, -0.1) is 0 Å². The summed E-state index contributed by atoms with van der Waals surface area (Å²) in [5.74, 6) is -1.91. The number of rotatable bonds is 3. The molecule has 3 rings (SSSR count). The topological polar surface area (TPSA) is 57.6 Å². The molecule has 0 aromatic heterocycles. The molecule has 1 N–H and O–H groups in total. The second-order valence-electron chi connectivity index (χ2n) is 6.49. The number of nitrogens with zero attached hydrogens (tertiary/aromatic N) is 1. The van der Waals surface area contributed by atoms with Crippen LogP contribution >= 0.6 is 11.6 Å². The van der Waals surface area contributed by atoms with Crippen LogP contribution < -0.4 is 0 Å². The maximum absolute atomic E-state index is 13.0. The third-order valence-corrected chi connectivity index (χ3v) is 5.05. The number of carbonyl (C=O) groups excluding carboxylic acids is 1. The van der Waals surface area contributed by atoms with Crippen LogP contribution in [0.3, 0.4) is 0 Å². The Morgan fingerprint density at radius 1 is 1.17 bits per heavy atom. The van der Waals surface area contributed by atoms with Crippen molar-refractivity contribution in [1.82, 2.24) is 4.90 Å². The first-order chi connectivity index (χ1) is 11.3. The molecule has 0 saturated heterocycles. The zero-order chi connectivity index (χ0) is 17.5. The first-order valence-electron chi connectivity index (χ1n) is 7.71. The zero-order valence-electron chi connectivity index (χ0n) is 13.5. The molecule has 0 spiro atoms. The zero-order valence-corrected chi connectivity index (χ0v) is 14.2. The molecular weight excluding hydrogens is 326 g/mol. The SMILES string of the molecule is CC1(C)C(C(=O)O)c2ccccc2C(=O)N1Cc1ccccc1Cl. The molecule has 0 fully saturated rings. The van der Waals surface area contributed by atoms with Crippen LogP contribution in [-0.4, -0.2) is 27.4 Å². The Balaban J connectivity index is 2.11. The van der Waals surface area contributed by atoms with Crippen molar-refractivity contribution in [1.29, 1.82) is 0 Å². The summed E-state index contributed by atoms with van der Waals surface area (Å²) >= 11 is 6.23. The van der Waals surface area contributed by atoms with Crippen molar-refractivity contribution in [3.05, 3.63) is 70.2 Å². The first-order valence-corrected chi connectivity index (χ1v) is 8.09. The van der Waals surface area contributed by atoms with Crippen molar-refractivity contribution >= 4 is 23.5 Å². The third kappa shape index (κ3) is 2.57. The standard InChI is InChI=1S/C19H18ClNO3/c1-19(2)16(18(23)24)13-8-4-5-9-14(13)17(22)21(19)11-12-7-3-6-10-15(12)20/h3-10,16H,11H2,1-2H3,(H,23,24). The second kappa shape index (κ2) is 5.95. The summed E-state index contributed by atoms with van der Waals surface area (Å²) < 4.78 is 0. The smallest absolute Gasteiger partial charge is 0.313 e. The highest BCUT2D eigenvalue weighted by Crippen LogP contribution is 2.42. The van der Waals surface area contributed by atoms with E-state index in [2.05, 4.69) is 0 Å². The Kier molecular flexibility index (Phi) is 4.10. The highest BCUT2D eigenvalue weighted by atomic mass is 35.5. The molecule has 0 bridgehead atoms. The number of carboxylic acids is 1. The average molecular weight is 344 g/mol. The molecule has 1 atom stereocenters. The Labute approximate surface area is 145 Å². The van der Waals surface area contributed by atoms with Crippen LogP contribution in [0.2, 0.25) is 5.02 Å². The van der Waals surface area contributed by atoms with Gasteiger partial charge in [-0.1, -0.05) is 48.0 Å². The van der Waals surface area contributed by atoms with E-state index in [9.17, 15) is 14.7 Å². The summed E-state index contributed by atoms with van der Waals surface area (Å²) in [6, 6.07) is 14.2. The van der Waals surface area contributed by atoms with Gasteiger partial charge in [0.15, 0.2) is 0 Å². The van der Waals surface area contributed by atoms with Gasteiger partial charge in [-0.05, 0) is 37.1 Å². The molecule has 0 radical (unpaired) electrons. The van der Waals surface area contributed by atoms with Gasteiger partial charge in [0.2, 0.25) is 0 Å². The van der Waals surface area contributed by atoms with Crippen LogP contribution in [0.1, 0.15) is 41.3 Å². The lowest BCUT2D eigenvalue weighted by atomic mass is 9.74. The largest absolute Gasteiger partial charge is 0.481 e. The van der Waals surface area contributed by atoms with E-state index in [1.807, 2.05) is 18.2 Å². The fraction of sp³-hybridized carbons (Fsp3) is 0.263. The quantitative estimate of drug-likeness (QED) is 0.918. The van der Waals surface area contributed by atoms with E-state index in [1.54, 1.807) is 49.1 Å². The summed E-state index contributed by atoms with van der Waals surface area (Å²) in [6.45, 7) is 3.84. The summed E-state index contributed by atoms with van der Waals surface area (Å²) in [5.41, 5.74) is 0.923. The van der Waals surface area contributed by atoms with Gasteiger partial charge in [0.05, 0.1) is 5.54 Å². The molecule has 124 valence electrons. The number of hydrogen-bond donors (Lipinski definition) is 1. The van der Waals surface area contributed by atoms with Gasteiger partial charge in [0.1, 0.15) is 5.92 Å². The van der Waals surface area contributed by atoms with Crippen molar-refractivity contribution in [3.63, 3.8) is 0 Å². The molecule has 1 aliphatic heterocycles.